The van der Waals surface area contributed by atoms with Gasteiger partial charge in [-0.1, -0.05) is 6.07 Å². The highest BCUT2D eigenvalue weighted by Gasteiger charge is 2.22. The summed E-state index contributed by atoms with van der Waals surface area (Å²) in [6.45, 7) is 4.99. The van der Waals surface area contributed by atoms with E-state index in [1.807, 2.05) is 47.9 Å². The lowest BCUT2D eigenvalue weighted by Gasteiger charge is -2.17. The van der Waals surface area contributed by atoms with E-state index >= 15 is 0 Å². The van der Waals surface area contributed by atoms with Gasteiger partial charge in [0, 0.05) is 19.6 Å². The van der Waals surface area contributed by atoms with Gasteiger partial charge in [-0.2, -0.15) is 10.1 Å². The molecule has 138 valence electrons. The highest BCUT2D eigenvalue weighted by Crippen LogP contribution is 2.26. The molecule has 0 saturated heterocycles. The number of aromatic nitrogens is 3. The number of aliphatic hydroxyl groups is 1. The molecule has 1 atom stereocenters. The summed E-state index contributed by atoms with van der Waals surface area (Å²) in [5, 5.41) is 15.0. The molecule has 3 heterocycles. The fraction of sp³-hybridized carbons (Fsp3) is 0.474. The summed E-state index contributed by atoms with van der Waals surface area (Å²) in [7, 11) is 3.89. The van der Waals surface area contributed by atoms with Crippen molar-refractivity contribution in [1.82, 2.24) is 19.7 Å². The standard InChI is InChI=1S/C19H25N5O2/c1-13-5-6-18-16(9-13)20-19(26-18)23-7-4-8-24-14(11-23)10-15(21-24)17(25)12-22(2)3/h5-6,9-10,17,25H,4,7-8,11-12H2,1-3H3/t17-/m1/s1. The molecule has 0 radical (unpaired) electrons. The van der Waals surface area contributed by atoms with Gasteiger partial charge in [-0.05, 0) is 51.2 Å². The summed E-state index contributed by atoms with van der Waals surface area (Å²) < 4.78 is 7.97. The maximum atomic E-state index is 10.4. The number of oxazole rings is 1. The van der Waals surface area contributed by atoms with Gasteiger partial charge in [-0.15, -0.1) is 0 Å². The van der Waals surface area contributed by atoms with Gasteiger partial charge in [0.2, 0.25) is 0 Å². The Morgan fingerprint density at radius 3 is 2.92 bits per heavy atom. The van der Waals surface area contributed by atoms with Gasteiger partial charge >= 0.3 is 0 Å². The molecule has 1 aromatic carbocycles. The van der Waals surface area contributed by atoms with Gasteiger partial charge in [0.1, 0.15) is 11.6 Å². The van der Waals surface area contributed by atoms with Crippen molar-refractivity contribution in [3.8, 4) is 0 Å². The van der Waals surface area contributed by atoms with Gasteiger partial charge in [-0.25, -0.2) is 0 Å². The van der Waals surface area contributed by atoms with E-state index < -0.39 is 6.10 Å². The van der Waals surface area contributed by atoms with Gasteiger partial charge < -0.3 is 19.3 Å². The van der Waals surface area contributed by atoms with E-state index in [2.05, 4.69) is 21.9 Å². The largest absolute Gasteiger partial charge is 0.423 e. The molecule has 0 aliphatic carbocycles. The summed E-state index contributed by atoms with van der Waals surface area (Å²) in [6, 6.07) is 8.70. The predicted octanol–water partition coefficient (Wildman–Crippen LogP) is 2.34. The Labute approximate surface area is 152 Å². The molecule has 26 heavy (non-hydrogen) atoms. The molecule has 1 aliphatic rings. The predicted molar refractivity (Wildman–Crippen MR) is 100 cm³/mol. The zero-order valence-electron chi connectivity index (χ0n) is 15.5. The second kappa shape index (κ2) is 6.74. The number of anilines is 1. The van der Waals surface area contributed by atoms with Crippen LogP contribution < -0.4 is 4.90 Å². The minimum atomic E-state index is -0.579. The molecule has 4 rings (SSSR count). The maximum Gasteiger partial charge on any atom is 0.298 e. The first-order valence-electron chi connectivity index (χ1n) is 9.01. The van der Waals surface area contributed by atoms with Crippen molar-refractivity contribution in [3.63, 3.8) is 0 Å². The number of nitrogens with zero attached hydrogens (tertiary/aromatic N) is 5. The maximum absolute atomic E-state index is 10.4. The van der Waals surface area contributed by atoms with Crippen LogP contribution in [0.4, 0.5) is 6.01 Å². The fourth-order valence-electron chi connectivity index (χ4n) is 3.41. The highest BCUT2D eigenvalue weighted by atomic mass is 16.4. The number of benzene rings is 1. The van der Waals surface area contributed by atoms with E-state index in [4.69, 9.17) is 4.42 Å². The summed E-state index contributed by atoms with van der Waals surface area (Å²) >= 11 is 0. The number of hydrogen-bond donors (Lipinski definition) is 1. The van der Waals surface area contributed by atoms with Crippen molar-refractivity contribution in [1.29, 1.82) is 0 Å². The third-order valence-electron chi connectivity index (χ3n) is 4.71. The van der Waals surface area contributed by atoms with Gasteiger partial charge in [0.05, 0.1) is 17.9 Å². The van der Waals surface area contributed by atoms with Crippen molar-refractivity contribution < 1.29 is 9.52 Å². The van der Waals surface area contributed by atoms with E-state index in [1.54, 1.807) is 0 Å². The third-order valence-corrected chi connectivity index (χ3v) is 4.71. The van der Waals surface area contributed by atoms with E-state index in [9.17, 15) is 5.11 Å². The van der Waals surface area contributed by atoms with Gasteiger partial charge in [0.15, 0.2) is 5.58 Å². The molecule has 0 bridgehead atoms. The van der Waals surface area contributed by atoms with Crippen molar-refractivity contribution in [2.24, 2.45) is 0 Å². The van der Waals surface area contributed by atoms with E-state index in [0.717, 1.165) is 42.0 Å². The molecule has 7 heteroatoms. The first-order valence-corrected chi connectivity index (χ1v) is 9.01. The zero-order chi connectivity index (χ0) is 18.3. The molecule has 0 unspecified atom stereocenters. The molecule has 1 aliphatic heterocycles. The molecular formula is C19H25N5O2. The lowest BCUT2D eigenvalue weighted by molar-refractivity contribution is 0.133. The molecule has 3 aromatic rings. The van der Waals surface area contributed by atoms with Crippen LogP contribution in [0.25, 0.3) is 11.1 Å². The van der Waals surface area contributed by atoms with Gasteiger partial charge in [-0.3, -0.25) is 4.68 Å². The number of likely N-dealkylation sites (N-methyl/N-ethyl adjacent to an activating group) is 1. The quantitative estimate of drug-likeness (QED) is 0.775. The van der Waals surface area contributed by atoms with Crippen molar-refractivity contribution in [2.75, 3.05) is 32.1 Å². The Morgan fingerprint density at radius 1 is 1.27 bits per heavy atom. The normalized spacial score (nSPS) is 16.1. The van der Waals surface area contributed by atoms with Crippen LogP contribution in [0.15, 0.2) is 28.7 Å². The first-order chi connectivity index (χ1) is 12.5. The Balaban J connectivity index is 1.59. The van der Waals surface area contributed by atoms with Crippen molar-refractivity contribution in [3.05, 3.63) is 41.2 Å². The van der Waals surface area contributed by atoms with Crippen molar-refractivity contribution in [2.45, 2.75) is 32.5 Å². The number of hydrogen-bond acceptors (Lipinski definition) is 6. The SMILES string of the molecule is Cc1ccc2oc(N3CCCn4nc([C@H](O)CN(C)C)cc4C3)nc2c1. The lowest BCUT2D eigenvalue weighted by atomic mass is 10.2. The van der Waals surface area contributed by atoms with Crippen LogP contribution in [0.2, 0.25) is 0 Å². The molecule has 7 nitrogen and oxygen atoms in total. The molecular weight excluding hydrogens is 330 g/mol. The average Bonchev–Trinajstić information content (AvgIpc) is 3.12. The molecule has 0 spiro atoms. The van der Waals surface area contributed by atoms with Crippen LogP contribution in [0, 0.1) is 6.92 Å². The number of fused-ring (bicyclic) bond motifs is 2. The zero-order valence-corrected chi connectivity index (χ0v) is 15.5. The molecule has 0 amide bonds. The van der Waals surface area contributed by atoms with Crippen LogP contribution in [0.3, 0.4) is 0 Å². The second-order valence-corrected chi connectivity index (χ2v) is 7.30. The Hall–Kier alpha value is -2.38. The Kier molecular flexibility index (Phi) is 4.42. The Morgan fingerprint density at radius 2 is 2.12 bits per heavy atom. The van der Waals surface area contributed by atoms with Crippen molar-refractivity contribution >= 4 is 17.1 Å². The third kappa shape index (κ3) is 3.32. The highest BCUT2D eigenvalue weighted by molar-refractivity contribution is 5.75. The fourth-order valence-corrected chi connectivity index (χ4v) is 3.41. The van der Waals surface area contributed by atoms with Crippen LogP contribution in [-0.2, 0) is 13.1 Å². The van der Waals surface area contributed by atoms with Crippen LogP contribution >= 0.6 is 0 Å². The van der Waals surface area contributed by atoms with E-state index in [1.165, 1.54) is 5.56 Å². The minimum Gasteiger partial charge on any atom is -0.423 e. The summed E-state index contributed by atoms with van der Waals surface area (Å²) in [5.41, 5.74) is 4.67. The van der Waals surface area contributed by atoms with E-state index in [-0.39, 0.29) is 0 Å². The number of aliphatic hydroxyl groups excluding tert-OH is 1. The van der Waals surface area contributed by atoms with E-state index in [0.29, 0.717) is 19.1 Å². The smallest absolute Gasteiger partial charge is 0.298 e. The first kappa shape index (κ1) is 17.1. The summed E-state index contributed by atoms with van der Waals surface area (Å²) in [6.07, 6.45) is 0.375. The second-order valence-electron chi connectivity index (χ2n) is 7.30. The van der Waals surface area contributed by atoms with Gasteiger partial charge in [0.25, 0.3) is 6.01 Å². The topological polar surface area (TPSA) is 70.6 Å². The monoisotopic (exact) mass is 355 g/mol. The summed E-state index contributed by atoms with van der Waals surface area (Å²) in [5.74, 6) is 0. The average molecular weight is 355 g/mol. The van der Waals surface area contributed by atoms with Crippen LogP contribution in [0.5, 0.6) is 0 Å². The lowest BCUT2D eigenvalue weighted by Crippen LogP contribution is -2.23. The molecule has 2 aromatic heterocycles. The molecule has 0 saturated carbocycles. The summed E-state index contributed by atoms with van der Waals surface area (Å²) in [4.78, 5) is 8.78. The Bertz CT molecular complexity index is 914. The number of rotatable bonds is 4. The molecule has 1 N–H and O–H groups in total. The molecule has 0 fully saturated rings. The number of aryl methyl sites for hydroxylation is 2. The van der Waals surface area contributed by atoms with Crippen LogP contribution in [-0.4, -0.2) is 52.0 Å². The van der Waals surface area contributed by atoms with Crippen LogP contribution in [0.1, 0.15) is 29.5 Å². The minimum absolute atomic E-state index is 0.560.